The summed E-state index contributed by atoms with van der Waals surface area (Å²) in [5, 5.41) is 2.32. The molecular weight excluding hydrogens is 228 g/mol. The Bertz CT molecular complexity index is 512. The second kappa shape index (κ2) is 4.24. The zero-order valence-electron chi connectivity index (χ0n) is 9.27. The van der Waals surface area contributed by atoms with Crippen molar-refractivity contribution < 1.29 is 18.4 Å². The van der Waals surface area contributed by atoms with Crippen LogP contribution in [0.15, 0.2) is 6.07 Å². The van der Waals surface area contributed by atoms with Gasteiger partial charge >= 0.3 is 0 Å². The number of nitrogens with one attached hydrogen (secondary N) is 1. The number of amides is 1. The van der Waals surface area contributed by atoms with Gasteiger partial charge in [0.15, 0.2) is 5.78 Å². The van der Waals surface area contributed by atoms with Crippen LogP contribution in [0.1, 0.15) is 35.7 Å². The van der Waals surface area contributed by atoms with Gasteiger partial charge in [0, 0.05) is 19.4 Å². The average Bonchev–Trinajstić information content (AvgIpc) is 2.23. The summed E-state index contributed by atoms with van der Waals surface area (Å²) in [5.41, 5.74) is 0.123. The van der Waals surface area contributed by atoms with Crippen LogP contribution in [-0.2, 0) is 11.2 Å². The largest absolute Gasteiger partial charge is 0.324 e. The van der Waals surface area contributed by atoms with Gasteiger partial charge in [-0.2, -0.15) is 0 Å². The molecule has 2 rings (SSSR count). The highest BCUT2D eigenvalue weighted by Crippen LogP contribution is 2.32. The van der Waals surface area contributed by atoms with Gasteiger partial charge in [-0.15, -0.1) is 0 Å². The van der Waals surface area contributed by atoms with E-state index in [0.29, 0.717) is 18.9 Å². The fraction of sp³-hybridized carbons (Fsp3) is 0.333. The van der Waals surface area contributed by atoms with Crippen LogP contribution in [0.25, 0.3) is 0 Å². The van der Waals surface area contributed by atoms with Gasteiger partial charge in [0.2, 0.25) is 5.91 Å². The molecule has 0 heterocycles. The van der Waals surface area contributed by atoms with Crippen molar-refractivity contribution in [2.24, 2.45) is 0 Å². The van der Waals surface area contributed by atoms with Gasteiger partial charge in [0.05, 0.1) is 11.3 Å². The van der Waals surface area contributed by atoms with Crippen LogP contribution in [0.5, 0.6) is 0 Å². The molecule has 0 bridgehead atoms. The molecule has 0 aromatic heterocycles. The molecule has 1 aliphatic rings. The van der Waals surface area contributed by atoms with E-state index in [-0.39, 0.29) is 29.0 Å². The molecule has 0 spiro atoms. The molecule has 90 valence electrons. The van der Waals surface area contributed by atoms with Crippen LogP contribution in [0, 0.1) is 11.6 Å². The van der Waals surface area contributed by atoms with Crippen molar-refractivity contribution in [2.45, 2.75) is 26.2 Å². The molecular formula is C12H11F2NO2. The Labute approximate surface area is 96.8 Å². The molecule has 0 fully saturated rings. The number of fused-ring (bicyclic) bond motifs is 1. The Morgan fingerprint density at radius 1 is 1.29 bits per heavy atom. The Morgan fingerprint density at radius 2 is 2.00 bits per heavy atom. The second-order valence-electron chi connectivity index (χ2n) is 4.03. The molecule has 3 nitrogen and oxygen atoms in total. The second-order valence-corrected chi connectivity index (χ2v) is 4.03. The fourth-order valence-corrected chi connectivity index (χ4v) is 2.08. The zero-order valence-corrected chi connectivity index (χ0v) is 9.27. The highest BCUT2D eigenvalue weighted by atomic mass is 19.1. The van der Waals surface area contributed by atoms with Gasteiger partial charge in [-0.25, -0.2) is 8.78 Å². The summed E-state index contributed by atoms with van der Waals surface area (Å²) in [6.07, 6.45) is 1.20. The molecule has 1 amide bonds. The van der Waals surface area contributed by atoms with Crippen LogP contribution in [0.4, 0.5) is 14.5 Å². The SMILES string of the molecule is CC(=O)Nc1c(F)cc(F)c2c1CCCC2=O. The normalized spacial score (nSPS) is 14.4. The minimum atomic E-state index is -0.851. The number of ketones is 1. The quantitative estimate of drug-likeness (QED) is 0.818. The van der Waals surface area contributed by atoms with E-state index >= 15 is 0 Å². The Morgan fingerprint density at radius 3 is 2.65 bits per heavy atom. The van der Waals surface area contributed by atoms with Gasteiger partial charge in [-0.05, 0) is 18.4 Å². The molecule has 1 N–H and O–H groups in total. The van der Waals surface area contributed by atoms with Gasteiger partial charge in [-0.1, -0.05) is 0 Å². The highest BCUT2D eigenvalue weighted by molar-refractivity contribution is 6.01. The number of anilines is 1. The fourth-order valence-electron chi connectivity index (χ4n) is 2.08. The van der Waals surface area contributed by atoms with Gasteiger partial charge < -0.3 is 5.32 Å². The standard InChI is InChI=1S/C12H11F2NO2/c1-6(16)15-12-7-3-2-4-10(17)11(7)8(13)5-9(12)14/h5H,2-4H2,1H3,(H,15,16). The summed E-state index contributed by atoms with van der Waals surface area (Å²) in [6, 6.07) is 0.646. The minimum absolute atomic E-state index is 0.0676. The molecule has 0 atom stereocenters. The topological polar surface area (TPSA) is 46.2 Å². The lowest BCUT2D eigenvalue weighted by molar-refractivity contribution is -0.114. The summed E-state index contributed by atoms with van der Waals surface area (Å²) in [6.45, 7) is 1.24. The molecule has 5 heteroatoms. The van der Waals surface area contributed by atoms with Crippen LogP contribution in [0.3, 0.4) is 0 Å². The maximum atomic E-state index is 13.6. The summed E-state index contributed by atoms with van der Waals surface area (Å²) >= 11 is 0. The van der Waals surface area contributed by atoms with E-state index < -0.39 is 17.5 Å². The number of rotatable bonds is 1. The Balaban J connectivity index is 2.63. The van der Waals surface area contributed by atoms with Gasteiger partial charge in [0.1, 0.15) is 11.6 Å². The molecule has 0 unspecified atom stereocenters. The molecule has 17 heavy (non-hydrogen) atoms. The molecule has 1 aromatic carbocycles. The predicted molar refractivity (Wildman–Crippen MR) is 57.9 cm³/mol. The number of Topliss-reactive ketones (excluding diaryl/α,β-unsaturated/α-hetero) is 1. The third-order valence-corrected chi connectivity index (χ3v) is 2.75. The van der Waals surface area contributed by atoms with E-state index in [0.717, 1.165) is 0 Å². The van der Waals surface area contributed by atoms with E-state index in [2.05, 4.69) is 5.32 Å². The Hall–Kier alpha value is -1.78. The summed E-state index contributed by atoms with van der Waals surface area (Å²) in [7, 11) is 0. The maximum Gasteiger partial charge on any atom is 0.221 e. The molecule has 1 aliphatic carbocycles. The minimum Gasteiger partial charge on any atom is -0.324 e. The van der Waals surface area contributed by atoms with Crippen LogP contribution >= 0.6 is 0 Å². The molecule has 0 aliphatic heterocycles. The van der Waals surface area contributed by atoms with Crippen molar-refractivity contribution in [3.8, 4) is 0 Å². The maximum absolute atomic E-state index is 13.6. The van der Waals surface area contributed by atoms with E-state index in [9.17, 15) is 18.4 Å². The molecule has 0 saturated heterocycles. The molecule has 0 saturated carbocycles. The zero-order chi connectivity index (χ0) is 12.6. The summed E-state index contributed by atoms with van der Waals surface area (Å²) in [4.78, 5) is 22.5. The molecule has 1 aromatic rings. The highest BCUT2D eigenvalue weighted by Gasteiger charge is 2.26. The van der Waals surface area contributed by atoms with Crippen molar-refractivity contribution in [2.75, 3.05) is 5.32 Å². The molecule has 0 radical (unpaired) electrons. The third-order valence-electron chi connectivity index (χ3n) is 2.75. The van der Waals surface area contributed by atoms with Gasteiger partial charge in [-0.3, -0.25) is 9.59 Å². The summed E-state index contributed by atoms with van der Waals surface area (Å²) < 4.78 is 27.1. The lowest BCUT2D eigenvalue weighted by Crippen LogP contribution is -2.19. The first-order valence-electron chi connectivity index (χ1n) is 5.32. The van der Waals surface area contributed by atoms with Crippen molar-refractivity contribution in [3.63, 3.8) is 0 Å². The van der Waals surface area contributed by atoms with Crippen molar-refractivity contribution in [1.29, 1.82) is 0 Å². The summed E-state index contributed by atoms with van der Waals surface area (Å²) in [5.74, 6) is -2.48. The van der Waals surface area contributed by atoms with Crippen LogP contribution < -0.4 is 5.32 Å². The Kier molecular flexibility index (Phi) is 2.92. The number of carbonyl (C=O) groups excluding carboxylic acids is 2. The first-order valence-corrected chi connectivity index (χ1v) is 5.32. The van der Waals surface area contributed by atoms with E-state index in [4.69, 9.17) is 0 Å². The first kappa shape index (κ1) is 11.7. The first-order chi connectivity index (χ1) is 8.00. The van der Waals surface area contributed by atoms with Gasteiger partial charge in [0.25, 0.3) is 0 Å². The van der Waals surface area contributed by atoms with E-state index in [1.54, 1.807) is 0 Å². The number of hydrogen-bond acceptors (Lipinski definition) is 2. The van der Waals surface area contributed by atoms with Crippen molar-refractivity contribution >= 4 is 17.4 Å². The van der Waals surface area contributed by atoms with Crippen molar-refractivity contribution in [1.82, 2.24) is 0 Å². The van der Waals surface area contributed by atoms with E-state index in [1.165, 1.54) is 6.92 Å². The third kappa shape index (κ3) is 2.05. The predicted octanol–water partition coefficient (Wildman–Crippen LogP) is 2.44. The average molecular weight is 239 g/mol. The lowest BCUT2D eigenvalue weighted by Gasteiger charge is -2.19. The monoisotopic (exact) mass is 239 g/mol. The lowest BCUT2D eigenvalue weighted by atomic mass is 9.88. The number of benzene rings is 1. The smallest absolute Gasteiger partial charge is 0.221 e. The number of hydrogen-bond donors (Lipinski definition) is 1. The number of halogens is 2. The van der Waals surface area contributed by atoms with E-state index in [1.807, 2.05) is 0 Å². The van der Waals surface area contributed by atoms with Crippen molar-refractivity contribution in [3.05, 3.63) is 28.8 Å². The number of carbonyl (C=O) groups is 2. The van der Waals surface area contributed by atoms with Crippen LogP contribution in [-0.4, -0.2) is 11.7 Å². The van der Waals surface area contributed by atoms with Crippen LogP contribution in [0.2, 0.25) is 0 Å².